The minimum Gasteiger partial charge on any atom is -0.392 e. The Balaban J connectivity index is 2.51. The van der Waals surface area contributed by atoms with Crippen molar-refractivity contribution in [1.82, 2.24) is 0 Å². The summed E-state index contributed by atoms with van der Waals surface area (Å²) in [5, 5.41) is 43.5. The fourth-order valence-electron chi connectivity index (χ4n) is 4.77. The Hall–Kier alpha value is -1.05. The molecule has 6 heteroatoms. The lowest BCUT2D eigenvalue weighted by molar-refractivity contribution is -0.151. The summed E-state index contributed by atoms with van der Waals surface area (Å²) in [4.78, 5) is 13.1. The van der Waals surface area contributed by atoms with Gasteiger partial charge >= 0.3 is 0 Å². The summed E-state index contributed by atoms with van der Waals surface area (Å²) < 4.78 is 5.84. The van der Waals surface area contributed by atoms with Gasteiger partial charge in [-0.15, -0.1) is 0 Å². The third kappa shape index (κ3) is 4.12. The number of aliphatic hydroxyl groups is 4. The molecule has 0 aromatic rings. The number of Topliss-reactive ketones (excluding diaryl/α,β-unsaturated/α-hetero) is 1. The average Bonchev–Trinajstić information content (AvgIpc) is 2.84. The molecule has 0 spiro atoms. The fraction of sp³-hybridized carbons (Fsp3) is 0.773. The monoisotopic (exact) mass is 396 g/mol. The van der Waals surface area contributed by atoms with Crippen molar-refractivity contribution in [2.45, 2.75) is 77.0 Å². The maximum absolute atomic E-state index is 13.1. The Labute approximate surface area is 167 Å². The van der Waals surface area contributed by atoms with E-state index in [0.29, 0.717) is 6.61 Å². The van der Waals surface area contributed by atoms with Gasteiger partial charge in [-0.2, -0.15) is 0 Å². The molecule has 1 fully saturated rings. The molecular weight excluding hydrogens is 360 g/mol. The number of hydrogen-bond donors (Lipinski definition) is 4. The first-order valence-corrected chi connectivity index (χ1v) is 10.2. The smallest absolute Gasteiger partial charge is 0.171 e. The van der Waals surface area contributed by atoms with Gasteiger partial charge in [0, 0.05) is 18.4 Å². The highest BCUT2D eigenvalue weighted by Gasteiger charge is 2.59. The van der Waals surface area contributed by atoms with Crippen molar-refractivity contribution in [2.75, 3.05) is 6.61 Å². The molecule has 0 aromatic heterocycles. The van der Waals surface area contributed by atoms with E-state index in [0.717, 1.165) is 0 Å². The predicted molar refractivity (Wildman–Crippen MR) is 107 cm³/mol. The maximum Gasteiger partial charge on any atom is 0.171 e. The lowest BCUT2D eigenvalue weighted by Gasteiger charge is -2.37. The molecule has 0 unspecified atom stereocenters. The van der Waals surface area contributed by atoms with Crippen LogP contribution in [0.2, 0.25) is 0 Å². The number of carbonyl (C=O) groups is 1. The number of allylic oxidation sites excluding steroid dienone is 1. The van der Waals surface area contributed by atoms with Gasteiger partial charge in [0.2, 0.25) is 0 Å². The Morgan fingerprint density at radius 1 is 1.25 bits per heavy atom. The van der Waals surface area contributed by atoms with Crippen LogP contribution < -0.4 is 0 Å². The lowest BCUT2D eigenvalue weighted by Crippen LogP contribution is -2.52. The van der Waals surface area contributed by atoms with Crippen molar-refractivity contribution >= 4 is 5.78 Å². The highest BCUT2D eigenvalue weighted by molar-refractivity contribution is 5.91. The van der Waals surface area contributed by atoms with Crippen molar-refractivity contribution in [1.29, 1.82) is 0 Å². The normalized spacial score (nSPS) is 44.1. The zero-order chi connectivity index (χ0) is 21.4. The molecule has 28 heavy (non-hydrogen) atoms. The second-order valence-corrected chi connectivity index (χ2v) is 9.07. The molecule has 2 rings (SSSR count). The van der Waals surface area contributed by atoms with Gasteiger partial charge in [0.1, 0.15) is 5.60 Å². The van der Waals surface area contributed by atoms with Crippen molar-refractivity contribution in [3.8, 4) is 0 Å². The molecule has 0 aliphatic heterocycles. The van der Waals surface area contributed by atoms with Crippen LogP contribution in [-0.4, -0.2) is 62.3 Å². The average molecular weight is 397 g/mol. The van der Waals surface area contributed by atoms with Gasteiger partial charge in [-0.1, -0.05) is 32.6 Å². The lowest BCUT2D eigenvalue weighted by atomic mass is 9.76. The molecule has 0 bridgehead atoms. The van der Waals surface area contributed by atoms with Gasteiger partial charge < -0.3 is 25.2 Å². The topological polar surface area (TPSA) is 107 Å². The minimum absolute atomic E-state index is 0.0597. The zero-order valence-corrected chi connectivity index (χ0v) is 17.6. The molecule has 1 saturated carbocycles. The molecule has 2 aliphatic rings. The molecule has 0 radical (unpaired) electrons. The minimum atomic E-state index is -1.88. The summed E-state index contributed by atoms with van der Waals surface area (Å²) in [6.07, 6.45) is 0.345. The first kappa shape index (κ1) is 23.2. The van der Waals surface area contributed by atoms with E-state index in [1.54, 1.807) is 19.9 Å². The molecule has 0 saturated heterocycles. The molecule has 0 amide bonds. The summed E-state index contributed by atoms with van der Waals surface area (Å²) in [6.45, 7) is 13.5. The summed E-state index contributed by atoms with van der Waals surface area (Å²) in [6, 6.07) is 0. The van der Waals surface area contributed by atoms with Crippen molar-refractivity contribution in [3.63, 3.8) is 0 Å². The van der Waals surface area contributed by atoms with Crippen LogP contribution in [0.3, 0.4) is 0 Å². The van der Waals surface area contributed by atoms with Gasteiger partial charge in [-0.3, -0.25) is 4.79 Å². The largest absolute Gasteiger partial charge is 0.392 e. The maximum atomic E-state index is 13.1. The number of fused-ring (bicyclic) bond motifs is 1. The van der Waals surface area contributed by atoms with Crippen molar-refractivity contribution in [3.05, 3.63) is 24.3 Å². The van der Waals surface area contributed by atoms with Gasteiger partial charge in [0.05, 0.1) is 29.8 Å². The van der Waals surface area contributed by atoms with Gasteiger partial charge in [0.15, 0.2) is 5.78 Å². The number of ether oxygens (including phenoxy) is 1. The first-order chi connectivity index (χ1) is 12.9. The number of hydrogen-bond acceptors (Lipinski definition) is 6. The third-order valence-electron chi connectivity index (χ3n) is 6.64. The van der Waals surface area contributed by atoms with E-state index in [1.807, 2.05) is 26.8 Å². The second-order valence-electron chi connectivity index (χ2n) is 9.07. The van der Waals surface area contributed by atoms with Crippen LogP contribution in [0.1, 0.15) is 47.5 Å². The highest BCUT2D eigenvalue weighted by Crippen LogP contribution is 2.46. The quantitative estimate of drug-likeness (QED) is 0.540. The molecular formula is C22H36O6. The Kier molecular flexibility index (Phi) is 6.94. The van der Waals surface area contributed by atoms with E-state index in [1.165, 1.54) is 0 Å². The van der Waals surface area contributed by atoms with E-state index in [9.17, 15) is 25.2 Å². The van der Waals surface area contributed by atoms with E-state index in [4.69, 9.17) is 4.74 Å². The molecule has 8 atom stereocenters. The van der Waals surface area contributed by atoms with Crippen LogP contribution in [0.15, 0.2) is 24.3 Å². The van der Waals surface area contributed by atoms with E-state index in [2.05, 4.69) is 6.58 Å². The summed E-state index contributed by atoms with van der Waals surface area (Å²) in [5.74, 6) is -2.76. The van der Waals surface area contributed by atoms with Gasteiger partial charge in [-0.05, 0) is 45.1 Å². The van der Waals surface area contributed by atoms with Gasteiger partial charge in [-0.25, -0.2) is 0 Å². The number of ketones is 1. The van der Waals surface area contributed by atoms with E-state index >= 15 is 0 Å². The molecule has 2 aliphatic carbocycles. The molecule has 6 nitrogen and oxygen atoms in total. The summed E-state index contributed by atoms with van der Waals surface area (Å²) in [5.41, 5.74) is -2.38. The Morgan fingerprint density at radius 2 is 1.86 bits per heavy atom. The Morgan fingerprint density at radius 3 is 2.43 bits per heavy atom. The number of rotatable bonds is 3. The third-order valence-corrected chi connectivity index (χ3v) is 6.64. The van der Waals surface area contributed by atoms with Gasteiger partial charge in [0.25, 0.3) is 0 Å². The van der Waals surface area contributed by atoms with Crippen molar-refractivity contribution < 1.29 is 30.0 Å². The fourth-order valence-corrected chi connectivity index (χ4v) is 4.77. The number of aliphatic hydroxyl groups excluding tert-OH is 3. The molecule has 4 N–H and O–H groups in total. The molecule has 0 heterocycles. The number of carbonyl (C=O) groups excluding carboxylic acids is 1. The van der Waals surface area contributed by atoms with Crippen LogP contribution in [-0.2, 0) is 9.53 Å². The van der Waals surface area contributed by atoms with Crippen LogP contribution in [0.25, 0.3) is 0 Å². The predicted octanol–water partition coefficient (Wildman–Crippen LogP) is 1.61. The highest BCUT2D eigenvalue weighted by atomic mass is 16.5. The SMILES string of the molecule is C=C1[C@@H](O)C[C@H](C(C)(C)OCC)/C=C/[C@@H](C)C(=O)[C@@]2(O)C[C@H](C)[C@H](O)[C@@H]2[C@H]1O. The van der Waals surface area contributed by atoms with Crippen LogP contribution in [0.5, 0.6) is 0 Å². The van der Waals surface area contributed by atoms with E-state index in [-0.39, 0.29) is 30.3 Å². The van der Waals surface area contributed by atoms with Crippen molar-refractivity contribution in [2.24, 2.45) is 23.7 Å². The van der Waals surface area contributed by atoms with E-state index < -0.39 is 47.1 Å². The first-order valence-electron chi connectivity index (χ1n) is 10.2. The molecule has 160 valence electrons. The Bertz CT molecular complexity index is 627. The van der Waals surface area contributed by atoms with Crippen LogP contribution in [0, 0.1) is 23.7 Å². The van der Waals surface area contributed by atoms with Crippen LogP contribution >= 0.6 is 0 Å². The standard InChI is InChI=1S/C22H36O6/c1-7-28-21(5,6)15-9-8-12(2)20(26)22(27)11-13(3)18(24)17(22)19(25)14(4)16(23)10-15/h8-9,12-13,15-19,23-25,27H,4,7,10-11H2,1-3,5-6H3/b9-8+/t12-,13+,15-,16+,17-,18+,19+,22-/m1/s1. The second kappa shape index (κ2) is 8.36. The zero-order valence-electron chi connectivity index (χ0n) is 17.6. The molecule has 0 aromatic carbocycles. The summed E-state index contributed by atoms with van der Waals surface area (Å²) >= 11 is 0. The summed E-state index contributed by atoms with van der Waals surface area (Å²) in [7, 11) is 0. The van der Waals surface area contributed by atoms with Crippen LogP contribution in [0.4, 0.5) is 0 Å².